The summed E-state index contributed by atoms with van der Waals surface area (Å²) in [4.78, 5) is 13.3. The predicted molar refractivity (Wildman–Crippen MR) is 63.8 cm³/mol. The van der Waals surface area contributed by atoms with Gasteiger partial charge in [0.25, 0.3) is 0 Å². The second-order valence-electron chi connectivity index (χ2n) is 3.85. The molecule has 0 bridgehead atoms. The van der Waals surface area contributed by atoms with Crippen LogP contribution in [0, 0.1) is 23.1 Å². The molecule has 0 aromatic heterocycles. The minimum absolute atomic E-state index is 0.292. The van der Waals surface area contributed by atoms with E-state index in [4.69, 9.17) is 5.26 Å². The molecule has 0 aliphatic carbocycles. The van der Waals surface area contributed by atoms with E-state index in [2.05, 4.69) is 0 Å². The molecule has 0 N–H and O–H groups in total. The molecule has 1 rings (SSSR count). The molecule has 3 nitrogen and oxygen atoms in total. The van der Waals surface area contributed by atoms with E-state index in [1.165, 1.54) is 23.1 Å². The second kappa shape index (κ2) is 6.00. The number of benzene rings is 1. The van der Waals surface area contributed by atoms with Crippen molar-refractivity contribution in [1.29, 1.82) is 5.26 Å². The van der Waals surface area contributed by atoms with Gasteiger partial charge in [-0.3, -0.25) is 4.79 Å². The Morgan fingerprint density at radius 1 is 1.59 bits per heavy atom. The molecular formula is C13H15FN2O. The maximum Gasteiger partial charge on any atom is 0.244 e. The highest BCUT2D eigenvalue weighted by Crippen LogP contribution is 2.18. The fourth-order valence-corrected chi connectivity index (χ4v) is 1.58. The van der Waals surface area contributed by atoms with Gasteiger partial charge < -0.3 is 4.90 Å². The van der Waals surface area contributed by atoms with E-state index in [-0.39, 0.29) is 5.91 Å². The Labute approximate surface area is 100 Å². The van der Waals surface area contributed by atoms with Crippen molar-refractivity contribution in [2.75, 3.05) is 11.9 Å². The zero-order valence-electron chi connectivity index (χ0n) is 9.98. The molecule has 0 spiro atoms. The van der Waals surface area contributed by atoms with Gasteiger partial charge in [0.1, 0.15) is 11.7 Å². The van der Waals surface area contributed by atoms with Gasteiger partial charge in [0.05, 0.1) is 6.07 Å². The Balaban J connectivity index is 2.86. The van der Waals surface area contributed by atoms with E-state index in [1.807, 2.05) is 13.0 Å². The third kappa shape index (κ3) is 3.28. The highest BCUT2D eigenvalue weighted by Gasteiger charge is 2.21. The Morgan fingerprint density at radius 3 is 2.82 bits per heavy atom. The summed E-state index contributed by atoms with van der Waals surface area (Å²) < 4.78 is 13.0. The zero-order valence-corrected chi connectivity index (χ0v) is 9.98. The number of hydrogen-bond acceptors (Lipinski definition) is 2. The number of carbonyl (C=O) groups is 1. The topological polar surface area (TPSA) is 44.1 Å². The van der Waals surface area contributed by atoms with Crippen molar-refractivity contribution in [3.63, 3.8) is 0 Å². The minimum atomic E-state index is -0.659. The van der Waals surface area contributed by atoms with Crippen LogP contribution in [-0.4, -0.2) is 13.0 Å². The van der Waals surface area contributed by atoms with E-state index in [9.17, 15) is 9.18 Å². The van der Waals surface area contributed by atoms with Crippen molar-refractivity contribution in [2.24, 2.45) is 5.92 Å². The lowest BCUT2D eigenvalue weighted by molar-refractivity contribution is -0.120. The summed E-state index contributed by atoms with van der Waals surface area (Å²) in [5, 5.41) is 8.91. The number of carbonyl (C=O) groups excluding carboxylic acids is 1. The summed E-state index contributed by atoms with van der Waals surface area (Å²) in [6, 6.07) is 7.75. The molecule has 4 heteroatoms. The van der Waals surface area contributed by atoms with E-state index in [0.717, 1.165) is 6.42 Å². The monoisotopic (exact) mass is 234 g/mol. The third-order valence-corrected chi connectivity index (χ3v) is 2.56. The average Bonchev–Trinajstić information content (AvgIpc) is 2.34. The van der Waals surface area contributed by atoms with Crippen molar-refractivity contribution in [1.82, 2.24) is 0 Å². The molecule has 0 aliphatic heterocycles. The van der Waals surface area contributed by atoms with Crippen molar-refractivity contribution in [3.8, 4) is 6.07 Å². The van der Waals surface area contributed by atoms with Crippen LogP contribution in [0.3, 0.4) is 0 Å². The molecule has 0 aliphatic rings. The number of nitriles is 1. The molecule has 90 valence electrons. The van der Waals surface area contributed by atoms with Gasteiger partial charge in [0.2, 0.25) is 5.91 Å². The van der Waals surface area contributed by atoms with Crippen LogP contribution in [-0.2, 0) is 4.79 Å². The van der Waals surface area contributed by atoms with Crippen molar-refractivity contribution < 1.29 is 9.18 Å². The highest BCUT2D eigenvalue weighted by atomic mass is 19.1. The maximum atomic E-state index is 13.0. The van der Waals surface area contributed by atoms with Crippen LogP contribution in [0.5, 0.6) is 0 Å². The van der Waals surface area contributed by atoms with Gasteiger partial charge in [0.15, 0.2) is 0 Å². The number of nitrogens with zero attached hydrogens (tertiary/aromatic N) is 2. The van der Waals surface area contributed by atoms with E-state index < -0.39 is 11.7 Å². The number of halogens is 1. The van der Waals surface area contributed by atoms with Crippen LogP contribution < -0.4 is 4.90 Å². The lowest BCUT2D eigenvalue weighted by atomic mass is 10.0. The zero-order chi connectivity index (χ0) is 12.8. The fraction of sp³-hybridized carbons (Fsp3) is 0.385. The summed E-state index contributed by atoms with van der Waals surface area (Å²) in [5.74, 6) is -1.35. The van der Waals surface area contributed by atoms with E-state index in [0.29, 0.717) is 12.1 Å². The van der Waals surface area contributed by atoms with Crippen LogP contribution in [0.15, 0.2) is 24.3 Å². The molecule has 17 heavy (non-hydrogen) atoms. The molecule has 1 atom stereocenters. The van der Waals surface area contributed by atoms with Crippen LogP contribution in [0.4, 0.5) is 10.1 Å². The molecule has 0 saturated carbocycles. The molecule has 1 unspecified atom stereocenters. The highest BCUT2D eigenvalue weighted by molar-refractivity contribution is 5.95. The summed E-state index contributed by atoms with van der Waals surface area (Å²) in [6.07, 6.45) is 1.29. The molecule has 1 aromatic carbocycles. The Bertz CT molecular complexity index is 439. The Kier molecular flexibility index (Phi) is 4.65. The molecule has 1 amide bonds. The Morgan fingerprint density at radius 2 is 2.29 bits per heavy atom. The van der Waals surface area contributed by atoms with E-state index in [1.54, 1.807) is 13.1 Å². The normalized spacial score (nSPS) is 11.6. The second-order valence-corrected chi connectivity index (χ2v) is 3.85. The quantitative estimate of drug-likeness (QED) is 0.804. The van der Waals surface area contributed by atoms with Crippen molar-refractivity contribution in [2.45, 2.75) is 19.8 Å². The molecule has 1 aromatic rings. The van der Waals surface area contributed by atoms with Crippen molar-refractivity contribution >= 4 is 11.6 Å². The SMILES string of the molecule is CCCC(C#N)C(=O)N(C)c1cccc(F)c1. The van der Waals surface area contributed by atoms with Gasteiger partial charge in [0, 0.05) is 12.7 Å². The molecule has 0 heterocycles. The first kappa shape index (κ1) is 13.2. The van der Waals surface area contributed by atoms with Gasteiger partial charge in [-0.15, -0.1) is 0 Å². The summed E-state index contributed by atoms with van der Waals surface area (Å²) in [7, 11) is 1.55. The average molecular weight is 234 g/mol. The first-order valence-corrected chi connectivity index (χ1v) is 5.53. The lowest BCUT2D eigenvalue weighted by Crippen LogP contribution is -2.32. The van der Waals surface area contributed by atoms with Crippen LogP contribution in [0.25, 0.3) is 0 Å². The van der Waals surface area contributed by atoms with E-state index >= 15 is 0 Å². The molecule has 0 fully saturated rings. The van der Waals surface area contributed by atoms with Gasteiger partial charge in [-0.25, -0.2) is 4.39 Å². The lowest BCUT2D eigenvalue weighted by Gasteiger charge is -2.19. The largest absolute Gasteiger partial charge is 0.314 e. The summed E-state index contributed by atoms with van der Waals surface area (Å²) >= 11 is 0. The first-order valence-electron chi connectivity index (χ1n) is 5.53. The van der Waals surface area contributed by atoms with Crippen LogP contribution in [0.2, 0.25) is 0 Å². The van der Waals surface area contributed by atoms with Crippen molar-refractivity contribution in [3.05, 3.63) is 30.1 Å². The van der Waals surface area contributed by atoms with Gasteiger partial charge in [-0.05, 0) is 24.6 Å². The maximum absolute atomic E-state index is 13.0. The Hall–Kier alpha value is -1.89. The van der Waals surface area contributed by atoms with Gasteiger partial charge >= 0.3 is 0 Å². The number of hydrogen-bond donors (Lipinski definition) is 0. The standard InChI is InChI=1S/C13H15FN2O/c1-3-5-10(9-15)13(17)16(2)12-7-4-6-11(14)8-12/h4,6-8,10H,3,5H2,1-2H3. The van der Waals surface area contributed by atoms with Crippen LogP contribution >= 0.6 is 0 Å². The van der Waals surface area contributed by atoms with Gasteiger partial charge in [-0.1, -0.05) is 19.4 Å². The number of anilines is 1. The minimum Gasteiger partial charge on any atom is -0.314 e. The predicted octanol–water partition coefficient (Wildman–Crippen LogP) is 2.73. The first-order chi connectivity index (χ1) is 8.10. The fourth-order valence-electron chi connectivity index (χ4n) is 1.58. The number of amides is 1. The van der Waals surface area contributed by atoms with Gasteiger partial charge in [-0.2, -0.15) is 5.26 Å². The summed E-state index contributed by atoms with van der Waals surface area (Å²) in [6.45, 7) is 1.92. The molecule has 0 radical (unpaired) electrons. The van der Waals surface area contributed by atoms with Crippen LogP contribution in [0.1, 0.15) is 19.8 Å². The smallest absolute Gasteiger partial charge is 0.244 e. The third-order valence-electron chi connectivity index (χ3n) is 2.56. The summed E-state index contributed by atoms with van der Waals surface area (Å²) in [5.41, 5.74) is 0.464. The number of rotatable bonds is 4. The molecular weight excluding hydrogens is 219 g/mol. The molecule has 0 saturated heterocycles.